The predicted octanol–water partition coefficient (Wildman–Crippen LogP) is 4.89. The van der Waals surface area contributed by atoms with E-state index in [-0.39, 0.29) is 33.6 Å². The third-order valence-corrected chi connectivity index (χ3v) is 9.19. The minimum absolute atomic E-state index is 0.0334. The van der Waals surface area contributed by atoms with Gasteiger partial charge in [0, 0.05) is 13.3 Å². The zero-order valence-electron chi connectivity index (χ0n) is 23.5. The Hall–Kier alpha value is -2.89. The van der Waals surface area contributed by atoms with Crippen LogP contribution >= 0.6 is 11.6 Å². The van der Waals surface area contributed by atoms with E-state index in [4.69, 9.17) is 22.1 Å². The van der Waals surface area contributed by atoms with Gasteiger partial charge in [0.05, 0.1) is 28.9 Å². The maximum Gasteiger partial charge on any atom is 0.229 e. The number of aliphatic imine (C=N–C) groups is 1. The van der Waals surface area contributed by atoms with E-state index in [2.05, 4.69) is 43.9 Å². The number of aryl methyl sites for hydroxylation is 1. The Morgan fingerprint density at radius 3 is 2.62 bits per heavy atom. The molecule has 1 atom stereocenters. The van der Waals surface area contributed by atoms with Gasteiger partial charge < -0.3 is 26.4 Å². The lowest BCUT2D eigenvalue weighted by atomic mass is 9.87. The highest BCUT2D eigenvalue weighted by atomic mass is 35.5. The van der Waals surface area contributed by atoms with Gasteiger partial charge >= 0.3 is 0 Å². The van der Waals surface area contributed by atoms with E-state index in [1.54, 1.807) is 13.8 Å². The molecule has 1 fully saturated rings. The number of ether oxygens (including phenoxy) is 1. The summed E-state index contributed by atoms with van der Waals surface area (Å²) in [4.78, 5) is 12.8. The van der Waals surface area contributed by atoms with Crippen molar-refractivity contribution in [1.82, 2.24) is 15.3 Å². The number of hydrogen-bond acceptors (Lipinski definition) is 10. The van der Waals surface area contributed by atoms with Crippen molar-refractivity contribution in [2.45, 2.75) is 71.2 Å². The van der Waals surface area contributed by atoms with Crippen LogP contribution in [0.25, 0.3) is 0 Å². The van der Waals surface area contributed by atoms with Crippen LogP contribution in [0.15, 0.2) is 34.0 Å². The smallest absolute Gasteiger partial charge is 0.229 e. The quantitative estimate of drug-likeness (QED) is 0.274. The molecule has 0 saturated carbocycles. The molecule has 2 aromatic rings. The van der Waals surface area contributed by atoms with Gasteiger partial charge in [0.25, 0.3) is 0 Å². The summed E-state index contributed by atoms with van der Waals surface area (Å²) < 4.78 is 31.9. The standard InChI is InChI=1S/C27H40ClN7O3S/c1-7-18(5)39(36,37)25(29)23(15-30-6)33-26-21(28)14-32-27(35-26)34-22-12-17(4)20(13-24(22)38-16(2)3)19-8-10-31-11-9-19/h12-16,18-19,31H,7-11,29H2,1-6H3,(H2,32,33,34,35). The van der Waals surface area contributed by atoms with Gasteiger partial charge in [-0.2, -0.15) is 4.98 Å². The predicted molar refractivity (Wildman–Crippen MR) is 160 cm³/mol. The fraction of sp³-hybridized carbons (Fsp3) is 0.519. The topological polar surface area (TPSA) is 144 Å². The molecule has 0 spiro atoms. The van der Waals surface area contributed by atoms with E-state index in [1.165, 1.54) is 25.0 Å². The summed E-state index contributed by atoms with van der Waals surface area (Å²) in [6.07, 6.45) is 5.30. The second-order valence-corrected chi connectivity index (χ2v) is 12.7. The molecule has 1 unspecified atom stereocenters. The van der Waals surface area contributed by atoms with Crippen LogP contribution in [0.3, 0.4) is 0 Å². The molecule has 1 aliphatic heterocycles. The van der Waals surface area contributed by atoms with E-state index in [0.717, 1.165) is 37.2 Å². The number of nitrogens with one attached hydrogen (secondary N) is 3. The maximum absolute atomic E-state index is 12.9. The van der Waals surface area contributed by atoms with E-state index in [1.807, 2.05) is 19.9 Å². The number of hydrogen-bond donors (Lipinski definition) is 4. The lowest BCUT2D eigenvalue weighted by Crippen LogP contribution is -2.27. The van der Waals surface area contributed by atoms with Crippen LogP contribution in [0.5, 0.6) is 5.75 Å². The Labute approximate surface area is 236 Å². The molecule has 5 N–H and O–H groups in total. The summed E-state index contributed by atoms with van der Waals surface area (Å²) in [6.45, 7) is 11.5. The van der Waals surface area contributed by atoms with Crippen molar-refractivity contribution < 1.29 is 13.2 Å². The summed E-state index contributed by atoms with van der Waals surface area (Å²) in [7, 11) is -2.24. The molecule has 214 valence electrons. The first-order chi connectivity index (χ1) is 18.5. The zero-order valence-corrected chi connectivity index (χ0v) is 25.1. The molecule has 1 aromatic heterocycles. The average Bonchev–Trinajstić information content (AvgIpc) is 2.90. The summed E-state index contributed by atoms with van der Waals surface area (Å²) in [5.41, 5.74) is 9.32. The average molecular weight is 578 g/mol. The van der Waals surface area contributed by atoms with Crippen LogP contribution in [-0.2, 0) is 9.84 Å². The molecular formula is C27H40ClN7O3S. The van der Waals surface area contributed by atoms with E-state index in [0.29, 0.717) is 18.1 Å². The molecule has 1 aliphatic rings. The molecule has 2 heterocycles. The zero-order chi connectivity index (χ0) is 28.7. The number of nitrogens with two attached hydrogens (primary N) is 1. The van der Waals surface area contributed by atoms with Crippen LogP contribution in [0.4, 0.5) is 17.5 Å². The summed E-state index contributed by atoms with van der Waals surface area (Å²) in [6, 6.07) is 4.16. The summed E-state index contributed by atoms with van der Waals surface area (Å²) in [5.74, 6) is 1.61. The van der Waals surface area contributed by atoms with Gasteiger partial charge in [0.2, 0.25) is 5.95 Å². The second kappa shape index (κ2) is 13.5. The molecule has 10 nitrogen and oxygen atoms in total. The first-order valence-corrected chi connectivity index (χ1v) is 15.1. The van der Waals surface area contributed by atoms with Crippen LogP contribution in [0.1, 0.15) is 64.0 Å². The SMILES string of the molecule is CCC(C)S(=O)(=O)C(N)=C(C=NC)Nc1nc(Nc2cc(C)c(C3CCNCC3)cc2OC(C)C)ncc1Cl. The number of sulfone groups is 1. The van der Waals surface area contributed by atoms with Gasteiger partial charge in [0.15, 0.2) is 20.7 Å². The molecule has 1 saturated heterocycles. The van der Waals surface area contributed by atoms with Gasteiger partial charge in [-0.25, -0.2) is 13.4 Å². The largest absolute Gasteiger partial charge is 0.489 e. The lowest BCUT2D eigenvalue weighted by Gasteiger charge is -2.26. The lowest BCUT2D eigenvalue weighted by molar-refractivity contribution is 0.243. The highest BCUT2D eigenvalue weighted by Gasteiger charge is 2.26. The number of nitrogens with zero attached hydrogens (tertiary/aromatic N) is 3. The molecule has 0 bridgehead atoms. The number of benzene rings is 1. The van der Waals surface area contributed by atoms with E-state index >= 15 is 0 Å². The second-order valence-electron chi connectivity index (χ2n) is 9.97. The Bertz CT molecular complexity index is 1320. The number of aromatic nitrogens is 2. The molecule has 3 rings (SSSR count). The van der Waals surface area contributed by atoms with Crippen molar-refractivity contribution in [3.63, 3.8) is 0 Å². The van der Waals surface area contributed by atoms with Gasteiger partial charge in [-0.15, -0.1) is 0 Å². The fourth-order valence-electron chi connectivity index (χ4n) is 4.36. The molecule has 0 amide bonds. The monoisotopic (exact) mass is 577 g/mol. The van der Waals surface area contributed by atoms with Crippen molar-refractivity contribution >= 4 is 45.1 Å². The van der Waals surface area contributed by atoms with Crippen molar-refractivity contribution in [3.05, 3.63) is 45.2 Å². The fourth-order valence-corrected chi connectivity index (χ4v) is 5.79. The van der Waals surface area contributed by atoms with Crippen LogP contribution < -0.4 is 26.4 Å². The Morgan fingerprint density at radius 2 is 2.00 bits per heavy atom. The highest BCUT2D eigenvalue weighted by Crippen LogP contribution is 2.37. The molecule has 0 radical (unpaired) electrons. The summed E-state index contributed by atoms with van der Waals surface area (Å²) in [5, 5.41) is 8.80. The Balaban J connectivity index is 1.98. The number of halogens is 1. The number of allylic oxidation sites excluding steroid dienone is 1. The maximum atomic E-state index is 12.9. The first-order valence-electron chi connectivity index (χ1n) is 13.2. The third-order valence-electron chi connectivity index (χ3n) is 6.69. The molecule has 39 heavy (non-hydrogen) atoms. The van der Waals surface area contributed by atoms with Gasteiger partial charge in [-0.1, -0.05) is 18.5 Å². The Kier molecular flexibility index (Phi) is 10.6. The third kappa shape index (κ3) is 7.61. The Morgan fingerprint density at radius 1 is 1.31 bits per heavy atom. The normalized spacial score (nSPS) is 16.3. The van der Waals surface area contributed by atoms with Crippen LogP contribution in [0, 0.1) is 6.92 Å². The number of anilines is 3. The first kappa shape index (κ1) is 30.6. The van der Waals surface area contributed by atoms with Crippen molar-refractivity contribution in [1.29, 1.82) is 0 Å². The summed E-state index contributed by atoms with van der Waals surface area (Å²) >= 11 is 6.38. The van der Waals surface area contributed by atoms with Gasteiger partial charge in [-0.05, 0) is 89.2 Å². The molecule has 1 aromatic carbocycles. The van der Waals surface area contributed by atoms with Crippen LogP contribution in [0.2, 0.25) is 5.02 Å². The van der Waals surface area contributed by atoms with E-state index < -0.39 is 15.1 Å². The number of rotatable bonds is 11. The molecule has 0 aliphatic carbocycles. The number of piperidine rings is 1. The van der Waals surface area contributed by atoms with Gasteiger partial charge in [-0.3, -0.25) is 4.99 Å². The minimum atomic E-state index is -3.76. The van der Waals surface area contributed by atoms with Crippen molar-refractivity contribution in [2.75, 3.05) is 30.8 Å². The molecule has 12 heteroatoms. The van der Waals surface area contributed by atoms with Crippen molar-refractivity contribution in [3.8, 4) is 5.75 Å². The van der Waals surface area contributed by atoms with Gasteiger partial charge in [0.1, 0.15) is 10.8 Å². The minimum Gasteiger partial charge on any atom is -0.489 e. The van der Waals surface area contributed by atoms with E-state index in [9.17, 15) is 8.42 Å². The van der Waals surface area contributed by atoms with Crippen molar-refractivity contribution in [2.24, 2.45) is 10.7 Å². The van der Waals surface area contributed by atoms with Crippen LogP contribution in [-0.4, -0.2) is 56.1 Å². The highest BCUT2D eigenvalue weighted by molar-refractivity contribution is 7.95. The molecular weight excluding hydrogens is 538 g/mol.